The summed E-state index contributed by atoms with van der Waals surface area (Å²) in [4.78, 5) is 101. The summed E-state index contributed by atoms with van der Waals surface area (Å²) in [5.41, 5.74) is -2.83. The molecule has 5 rings (SSSR count). The van der Waals surface area contributed by atoms with Gasteiger partial charge >= 0.3 is 18.1 Å². The molecule has 0 amide bonds. The van der Waals surface area contributed by atoms with Crippen LogP contribution in [0.15, 0.2) is 42.9 Å². The molecule has 59 heavy (non-hydrogen) atoms. The summed E-state index contributed by atoms with van der Waals surface area (Å²) < 4.78 is 34.8. The quantitative estimate of drug-likeness (QED) is 0.0476. The van der Waals surface area contributed by atoms with E-state index in [2.05, 4.69) is 0 Å². The molecule has 0 aliphatic rings. The number of hydrogen-bond acceptors (Lipinski definition) is 14. The van der Waals surface area contributed by atoms with Gasteiger partial charge in [-0.25, -0.2) is 4.79 Å². The maximum absolute atomic E-state index is 15.0. The van der Waals surface area contributed by atoms with E-state index in [9.17, 15) is 28.8 Å². The number of carbonyl (C=O) groups is 4. The van der Waals surface area contributed by atoms with Crippen molar-refractivity contribution in [2.45, 2.75) is 101 Å². The molecule has 0 saturated carbocycles. The lowest BCUT2D eigenvalue weighted by molar-refractivity contribution is -0.191. The lowest BCUT2D eigenvalue weighted by atomic mass is 9.80. The first-order valence-electron chi connectivity index (χ1n) is 18.5. The molecular formula is C45H48O14. The maximum Gasteiger partial charge on any atom is 0.373 e. The van der Waals surface area contributed by atoms with E-state index in [4.69, 9.17) is 37.4 Å². The van der Waals surface area contributed by atoms with Crippen LogP contribution in [-0.4, -0.2) is 49.2 Å². The molecule has 14 heteroatoms. The van der Waals surface area contributed by atoms with E-state index >= 15 is 0 Å². The zero-order chi connectivity index (χ0) is 44.7. The van der Waals surface area contributed by atoms with Gasteiger partial charge < -0.3 is 27.8 Å². The highest BCUT2D eigenvalue weighted by Gasteiger charge is 2.35. The van der Waals surface area contributed by atoms with E-state index in [0.717, 1.165) is 23.0 Å². The summed E-state index contributed by atoms with van der Waals surface area (Å²) in [6.45, 7) is 21.6. The van der Waals surface area contributed by atoms with Crippen molar-refractivity contribution in [3.05, 3.63) is 78.3 Å². The minimum atomic E-state index is -1.08. The Bertz CT molecular complexity index is 2720. The topological polar surface area (TPSA) is 200 Å². The van der Waals surface area contributed by atoms with Crippen LogP contribution >= 0.6 is 0 Å². The molecule has 14 nitrogen and oxygen atoms in total. The Labute approximate surface area is 339 Å². The molecule has 0 aliphatic carbocycles. The molecule has 0 fully saturated rings. The van der Waals surface area contributed by atoms with Crippen LogP contribution in [0.25, 0.3) is 44.0 Å². The van der Waals surface area contributed by atoms with Gasteiger partial charge in [0.2, 0.25) is 10.9 Å². The Balaban J connectivity index is 0.00000248. The molecule has 0 spiro atoms. The highest BCUT2D eigenvalue weighted by atomic mass is 16.7. The number of ketones is 2. The van der Waals surface area contributed by atoms with Crippen molar-refractivity contribution in [1.82, 2.24) is 0 Å². The molecule has 0 unspecified atom stereocenters. The van der Waals surface area contributed by atoms with Gasteiger partial charge in [-0.3, -0.25) is 24.0 Å². The number of esters is 2. The van der Waals surface area contributed by atoms with Crippen molar-refractivity contribution in [3.8, 4) is 22.6 Å². The Morgan fingerprint density at radius 3 is 1.92 bits per heavy atom. The van der Waals surface area contributed by atoms with E-state index < -0.39 is 62.1 Å². The summed E-state index contributed by atoms with van der Waals surface area (Å²) in [5, 5.41) is -0.0922. The third kappa shape index (κ3) is 8.94. The number of methoxy groups -OCH3 is 1. The normalized spacial score (nSPS) is 11.8. The molecular weight excluding hydrogens is 764 g/mol. The molecule has 312 valence electrons. The second-order valence-electron chi connectivity index (χ2n) is 17.1. The van der Waals surface area contributed by atoms with Crippen LogP contribution in [0.3, 0.4) is 0 Å². The van der Waals surface area contributed by atoms with Crippen molar-refractivity contribution < 1.29 is 56.5 Å². The highest BCUT2D eigenvalue weighted by Crippen LogP contribution is 2.42. The molecule has 0 N–H and O–H groups in total. The summed E-state index contributed by atoms with van der Waals surface area (Å²) in [7, 11) is 1.36. The number of Topliss-reactive ketones (excluding diaryl/α,β-unsaturated/α-hetero) is 2. The van der Waals surface area contributed by atoms with Crippen LogP contribution in [0.1, 0.15) is 124 Å². The summed E-state index contributed by atoms with van der Waals surface area (Å²) in [5.74, 6) is -3.61. The van der Waals surface area contributed by atoms with Gasteiger partial charge in [0.1, 0.15) is 34.2 Å². The monoisotopic (exact) mass is 812 g/mol. The van der Waals surface area contributed by atoms with Crippen molar-refractivity contribution in [3.63, 3.8) is 0 Å². The van der Waals surface area contributed by atoms with E-state index in [1.165, 1.54) is 33.1 Å². The maximum atomic E-state index is 15.0. The second-order valence-corrected chi connectivity index (χ2v) is 17.1. The Hall–Kier alpha value is -6.24. The molecule has 2 heterocycles. The third-order valence-corrected chi connectivity index (χ3v) is 9.25. The molecule has 3 aromatic carbocycles. The number of fused-ring (bicyclic) bond motifs is 3. The second kappa shape index (κ2) is 16.6. The van der Waals surface area contributed by atoms with E-state index in [-0.39, 0.29) is 68.5 Å². The van der Waals surface area contributed by atoms with Crippen LogP contribution in [-0.2, 0) is 29.3 Å². The number of rotatable bonds is 8. The molecule has 0 atom stereocenters. The first kappa shape index (κ1) is 45.5. The van der Waals surface area contributed by atoms with Crippen LogP contribution in [0.4, 0.5) is 0 Å². The van der Waals surface area contributed by atoms with Crippen molar-refractivity contribution in [2.75, 3.05) is 13.9 Å². The fourth-order valence-electron chi connectivity index (χ4n) is 6.72. The average Bonchev–Trinajstić information content (AvgIpc) is 3.09. The van der Waals surface area contributed by atoms with Crippen LogP contribution in [0.2, 0.25) is 0 Å². The number of carbonyl (C=O) groups excluding carboxylic acids is 6. The predicted molar refractivity (Wildman–Crippen MR) is 217 cm³/mol. The van der Waals surface area contributed by atoms with Crippen LogP contribution in [0, 0.1) is 19.3 Å². The summed E-state index contributed by atoms with van der Waals surface area (Å²) in [6, 6.07) is 4.31. The zero-order valence-corrected chi connectivity index (χ0v) is 35.7. The number of hydrogen-bond donors (Lipinski definition) is 0. The minimum absolute atomic E-state index is 0.0265. The van der Waals surface area contributed by atoms with Crippen molar-refractivity contribution in [1.29, 1.82) is 0 Å². The van der Waals surface area contributed by atoms with E-state index in [0.29, 0.717) is 5.39 Å². The first-order valence-corrected chi connectivity index (χ1v) is 18.5. The van der Waals surface area contributed by atoms with Crippen molar-refractivity contribution in [2.24, 2.45) is 5.41 Å². The molecule has 2 aromatic heterocycles. The van der Waals surface area contributed by atoms with Crippen molar-refractivity contribution >= 4 is 62.6 Å². The Morgan fingerprint density at radius 1 is 0.797 bits per heavy atom. The Morgan fingerprint density at radius 2 is 1.41 bits per heavy atom. The molecule has 0 radical (unpaired) electrons. The van der Waals surface area contributed by atoms with Gasteiger partial charge in [0, 0.05) is 24.3 Å². The Kier molecular flexibility index (Phi) is 12.8. The standard InChI is InChI=1S/C44H48O12.CO2/c1-20-15-28-33(35(21(20)2)42(5,6)7)36(47)25-16-24(22(3)45)31(30(23(4)46)38(25)54-28)26-18-52-27-17-29(53-19-51-14)39(55-41(50)43(8,9)10)34(32(27)37(26)48)40(49)56-44(11,12)13;2-1-3/h15-18H,19H2,1-14H3;. The van der Waals surface area contributed by atoms with Gasteiger partial charge in [-0.15, -0.1) is 0 Å². The van der Waals surface area contributed by atoms with E-state index in [1.807, 2.05) is 34.6 Å². The lowest BCUT2D eigenvalue weighted by Gasteiger charge is -2.25. The first-order chi connectivity index (χ1) is 27.2. The molecule has 0 aliphatic heterocycles. The fourth-order valence-corrected chi connectivity index (χ4v) is 6.72. The number of benzene rings is 3. The predicted octanol–water partition coefficient (Wildman–Crippen LogP) is 8.35. The van der Waals surface area contributed by atoms with E-state index in [1.54, 1.807) is 47.6 Å². The molecule has 0 saturated heterocycles. The average molecular weight is 813 g/mol. The van der Waals surface area contributed by atoms with Gasteiger partial charge in [0.15, 0.2) is 29.9 Å². The van der Waals surface area contributed by atoms with Gasteiger partial charge in [-0.05, 0) is 103 Å². The smallest absolute Gasteiger partial charge is 0.373 e. The van der Waals surface area contributed by atoms with Crippen LogP contribution < -0.4 is 20.3 Å². The number of aryl methyl sites for hydroxylation is 1. The molecule has 5 aromatic rings. The highest BCUT2D eigenvalue weighted by molar-refractivity contribution is 6.18. The lowest BCUT2D eigenvalue weighted by Crippen LogP contribution is -2.29. The fraction of sp³-hybridized carbons (Fsp3) is 0.400. The number of ether oxygens (including phenoxy) is 4. The van der Waals surface area contributed by atoms with Gasteiger partial charge in [0.05, 0.1) is 32.7 Å². The molecule has 0 bridgehead atoms. The van der Waals surface area contributed by atoms with Gasteiger partial charge in [-0.1, -0.05) is 20.8 Å². The third-order valence-electron chi connectivity index (χ3n) is 9.25. The minimum Gasteiger partial charge on any atom is -0.463 e. The summed E-state index contributed by atoms with van der Waals surface area (Å²) in [6.07, 6.45) is 1.30. The largest absolute Gasteiger partial charge is 0.463 e. The summed E-state index contributed by atoms with van der Waals surface area (Å²) >= 11 is 0. The van der Waals surface area contributed by atoms with Gasteiger partial charge in [-0.2, -0.15) is 9.59 Å². The van der Waals surface area contributed by atoms with Crippen LogP contribution in [0.5, 0.6) is 11.5 Å². The zero-order valence-electron chi connectivity index (χ0n) is 35.7. The SMILES string of the molecule is COCOc1cc2occ(-c3c(C(C)=O)cc4c(=O)c5c(C(C)(C)C)c(C)c(C)cc5oc4c3C(C)=O)c(=O)c2c(C(=O)OC(C)(C)C)c1OC(=O)C(C)(C)C.O=C=O. The van der Waals surface area contributed by atoms with Gasteiger partial charge in [0.25, 0.3) is 0 Å².